The topological polar surface area (TPSA) is 34.0 Å². The van der Waals surface area contributed by atoms with Crippen molar-refractivity contribution < 1.29 is 0 Å². The van der Waals surface area contributed by atoms with Crippen molar-refractivity contribution in [2.45, 2.75) is 19.6 Å². The molecule has 19 heavy (non-hydrogen) atoms. The molecule has 2 aromatic rings. The summed E-state index contributed by atoms with van der Waals surface area (Å²) in [5, 5.41) is 9.42. The van der Waals surface area contributed by atoms with Crippen LogP contribution >= 0.6 is 39.1 Å². The standard InChI is InChI=1S/C12H11BrCl2N4/c13-12-17-16-10-7-18(4-5-19(10)12)6-8-2-1-3-9(14)11(8)15/h1-3H,4-7H2. The number of hydrogen-bond donors (Lipinski definition) is 0. The maximum absolute atomic E-state index is 6.22. The number of rotatable bonds is 2. The molecule has 100 valence electrons. The number of nitrogens with zero attached hydrogens (tertiary/aromatic N) is 4. The average Bonchev–Trinajstić information content (AvgIpc) is 2.76. The summed E-state index contributed by atoms with van der Waals surface area (Å²) >= 11 is 15.6. The third kappa shape index (κ3) is 2.65. The third-order valence-electron chi connectivity index (χ3n) is 3.21. The first-order valence-corrected chi connectivity index (χ1v) is 7.43. The van der Waals surface area contributed by atoms with Gasteiger partial charge in [0, 0.05) is 19.6 Å². The molecule has 0 fully saturated rings. The lowest BCUT2D eigenvalue weighted by molar-refractivity contribution is 0.208. The molecule has 1 aromatic heterocycles. The number of halogens is 3. The molecule has 3 rings (SSSR count). The average molecular weight is 362 g/mol. The Morgan fingerprint density at radius 2 is 2.05 bits per heavy atom. The zero-order chi connectivity index (χ0) is 13.4. The summed E-state index contributed by atoms with van der Waals surface area (Å²) in [7, 11) is 0. The molecule has 0 N–H and O–H groups in total. The van der Waals surface area contributed by atoms with Crippen molar-refractivity contribution in [2.75, 3.05) is 6.54 Å². The lowest BCUT2D eigenvalue weighted by Gasteiger charge is -2.27. The minimum absolute atomic E-state index is 0.599. The van der Waals surface area contributed by atoms with Crippen molar-refractivity contribution in [1.29, 1.82) is 0 Å². The van der Waals surface area contributed by atoms with Crippen molar-refractivity contribution in [3.63, 3.8) is 0 Å². The fourth-order valence-corrected chi connectivity index (χ4v) is 3.06. The first-order chi connectivity index (χ1) is 9.15. The van der Waals surface area contributed by atoms with Crippen molar-refractivity contribution >= 4 is 39.1 Å². The number of aromatic nitrogens is 3. The molecule has 4 nitrogen and oxygen atoms in total. The van der Waals surface area contributed by atoms with E-state index in [4.69, 9.17) is 23.2 Å². The van der Waals surface area contributed by atoms with Gasteiger partial charge < -0.3 is 4.57 Å². The van der Waals surface area contributed by atoms with Crippen molar-refractivity contribution in [2.24, 2.45) is 0 Å². The van der Waals surface area contributed by atoms with Crippen LogP contribution in [-0.4, -0.2) is 26.2 Å². The van der Waals surface area contributed by atoms with Gasteiger partial charge in [-0.1, -0.05) is 35.3 Å². The SMILES string of the molecule is Clc1cccc(CN2CCn3c(Br)nnc3C2)c1Cl. The smallest absolute Gasteiger partial charge is 0.200 e. The van der Waals surface area contributed by atoms with E-state index in [1.165, 1.54) is 0 Å². The van der Waals surface area contributed by atoms with E-state index in [0.29, 0.717) is 10.0 Å². The van der Waals surface area contributed by atoms with Crippen molar-refractivity contribution in [3.05, 3.63) is 44.4 Å². The Balaban J connectivity index is 1.77. The molecule has 0 unspecified atom stereocenters. The van der Waals surface area contributed by atoms with Gasteiger partial charge in [0.2, 0.25) is 0 Å². The van der Waals surface area contributed by atoms with Gasteiger partial charge in [0.1, 0.15) is 5.82 Å². The van der Waals surface area contributed by atoms with E-state index in [0.717, 1.165) is 42.3 Å². The van der Waals surface area contributed by atoms with Crippen LogP contribution in [-0.2, 0) is 19.6 Å². The predicted octanol–water partition coefficient (Wildman–Crippen LogP) is 3.36. The molecule has 1 aliphatic rings. The van der Waals surface area contributed by atoms with Crippen LogP contribution in [0.15, 0.2) is 22.9 Å². The van der Waals surface area contributed by atoms with Gasteiger partial charge in [0.15, 0.2) is 4.73 Å². The maximum Gasteiger partial charge on any atom is 0.200 e. The molecule has 1 aliphatic heterocycles. The molecule has 7 heteroatoms. The van der Waals surface area contributed by atoms with Gasteiger partial charge >= 0.3 is 0 Å². The summed E-state index contributed by atoms with van der Waals surface area (Å²) in [6, 6.07) is 5.73. The minimum atomic E-state index is 0.599. The van der Waals surface area contributed by atoms with Gasteiger partial charge in [-0.2, -0.15) is 0 Å². The molecule has 1 aromatic carbocycles. The van der Waals surface area contributed by atoms with E-state index in [2.05, 4.69) is 35.6 Å². The summed E-state index contributed by atoms with van der Waals surface area (Å²) in [4.78, 5) is 2.29. The van der Waals surface area contributed by atoms with Gasteiger partial charge in [-0.05, 0) is 27.6 Å². The molecule has 0 bridgehead atoms. The fourth-order valence-electron chi connectivity index (χ4n) is 2.22. The molecule has 0 amide bonds. The predicted molar refractivity (Wildman–Crippen MR) is 78.3 cm³/mol. The van der Waals surface area contributed by atoms with Crippen LogP contribution in [0.25, 0.3) is 0 Å². The first kappa shape index (κ1) is 13.4. The zero-order valence-electron chi connectivity index (χ0n) is 9.98. The third-order valence-corrected chi connectivity index (χ3v) is 4.66. The molecular weight excluding hydrogens is 351 g/mol. The van der Waals surface area contributed by atoms with E-state index < -0.39 is 0 Å². The summed E-state index contributed by atoms with van der Waals surface area (Å²) in [6.45, 7) is 3.35. The Labute approximate surface area is 129 Å². The van der Waals surface area contributed by atoms with Crippen LogP contribution in [0, 0.1) is 0 Å². The molecule has 0 radical (unpaired) electrons. The molecule has 0 atom stereocenters. The molecule has 0 spiro atoms. The molecule has 0 saturated carbocycles. The lowest BCUT2D eigenvalue weighted by atomic mass is 10.2. The number of benzene rings is 1. The van der Waals surface area contributed by atoms with Gasteiger partial charge in [-0.15, -0.1) is 10.2 Å². The van der Waals surface area contributed by atoms with Crippen LogP contribution in [0.2, 0.25) is 10.0 Å². The highest BCUT2D eigenvalue weighted by atomic mass is 79.9. The second-order valence-corrected chi connectivity index (χ2v) is 5.95. The summed E-state index contributed by atoms with van der Waals surface area (Å²) in [5.74, 6) is 0.969. The monoisotopic (exact) mass is 360 g/mol. The number of fused-ring (bicyclic) bond motifs is 1. The lowest BCUT2D eigenvalue weighted by Crippen LogP contribution is -2.33. The van der Waals surface area contributed by atoms with Crippen molar-refractivity contribution in [3.8, 4) is 0 Å². The van der Waals surface area contributed by atoms with Crippen molar-refractivity contribution in [1.82, 2.24) is 19.7 Å². The fraction of sp³-hybridized carbons (Fsp3) is 0.333. The van der Waals surface area contributed by atoms with Gasteiger partial charge in [0.05, 0.1) is 16.6 Å². The Kier molecular flexibility index (Phi) is 3.80. The van der Waals surface area contributed by atoms with Gasteiger partial charge in [0.25, 0.3) is 0 Å². The zero-order valence-corrected chi connectivity index (χ0v) is 13.1. The van der Waals surface area contributed by atoms with Crippen LogP contribution in [0.4, 0.5) is 0 Å². The molecular formula is C12H11BrCl2N4. The Morgan fingerprint density at radius 3 is 2.89 bits per heavy atom. The summed E-state index contributed by atoms with van der Waals surface area (Å²) in [6.07, 6.45) is 0. The van der Waals surface area contributed by atoms with Crippen LogP contribution in [0.3, 0.4) is 0 Å². The summed E-state index contributed by atoms with van der Waals surface area (Å²) < 4.78 is 2.87. The molecule has 2 heterocycles. The first-order valence-electron chi connectivity index (χ1n) is 5.88. The van der Waals surface area contributed by atoms with Gasteiger partial charge in [-0.25, -0.2) is 0 Å². The normalized spacial score (nSPS) is 15.5. The second-order valence-electron chi connectivity index (χ2n) is 4.46. The Bertz CT molecular complexity index is 614. The van der Waals surface area contributed by atoms with E-state index in [-0.39, 0.29) is 0 Å². The second kappa shape index (κ2) is 5.40. The molecule has 0 saturated heterocycles. The number of hydrogen-bond acceptors (Lipinski definition) is 3. The highest BCUT2D eigenvalue weighted by molar-refractivity contribution is 9.10. The molecule has 0 aliphatic carbocycles. The van der Waals surface area contributed by atoms with Crippen LogP contribution in [0.1, 0.15) is 11.4 Å². The van der Waals surface area contributed by atoms with Crippen LogP contribution in [0.5, 0.6) is 0 Å². The van der Waals surface area contributed by atoms with E-state index in [1.807, 2.05) is 12.1 Å². The maximum atomic E-state index is 6.22. The largest absolute Gasteiger partial charge is 0.303 e. The summed E-state index contributed by atoms with van der Waals surface area (Å²) in [5.41, 5.74) is 1.04. The quantitative estimate of drug-likeness (QED) is 0.822. The Hall–Kier alpha value is -0.620. The highest BCUT2D eigenvalue weighted by Gasteiger charge is 2.20. The van der Waals surface area contributed by atoms with E-state index >= 15 is 0 Å². The van der Waals surface area contributed by atoms with E-state index in [1.54, 1.807) is 6.07 Å². The van der Waals surface area contributed by atoms with Crippen LogP contribution < -0.4 is 0 Å². The minimum Gasteiger partial charge on any atom is -0.303 e. The van der Waals surface area contributed by atoms with Gasteiger partial charge in [-0.3, -0.25) is 4.90 Å². The Morgan fingerprint density at radius 1 is 1.21 bits per heavy atom. The highest BCUT2D eigenvalue weighted by Crippen LogP contribution is 2.27. The van der Waals surface area contributed by atoms with E-state index in [9.17, 15) is 0 Å².